The molecule has 6 nitrogen and oxygen atoms in total. The molecule has 0 saturated carbocycles. The summed E-state index contributed by atoms with van der Waals surface area (Å²) in [7, 11) is 0. The number of nitrogens with one attached hydrogen (secondary N) is 2. The van der Waals surface area contributed by atoms with Crippen LogP contribution in [0.4, 0.5) is 0 Å². The zero-order chi connectivity index (χ0) is 15.3. The molecule has 1 atom stereocenters. The van der Waals surface area contributed by atoms with Gasteiger partial charge in [-0.05, 0) is 6.42 Å². The van der Waals surface area contributed by atoms with Crippen LogP contribution in [-0.4, -0.2) is 48.3 Å². The standard InChI is InChI=1S/C14H25N3O3/c1-5-10-12(19)15-8-9-17(10)11(18)6-7-16-13(20)14(2,3)4/h10H,5-9H2,1-4H3,(H,15,19)(H,16,20). The van der Waals surface area contributed by atoms with Gasteiger partial charge in [-0.1, -0.05) is 27.7 Å². The molecular formula is C14H25N3O3. The molecule has 114 valence electrons. The number of hydrogen-bond acceptors (Lipinski definition) is 3. The molecule has 1 saturated heterocycles. The third-order valence-electron chi connectivity index (χ3n) is 3.34. The van der Waals surface area contributed by atoms with Crippen LogP contribution in [0.5, 0.6) is 0 Å². The van der Waals surface area contributed by atoms with Crippen LogP contribution in [0, 0.1) is 5.41 Å². The summed E-state index contributed by atoms with van der Waals surface area (Å²) in [5.41, 5.74) is -0.458. The van der Waals surface area contributed by atoms with Gasteiger partial charge in [-0.2, -0.15) is 0 Å². The Morgan fingerprint density at radius 3 is 2.60 bits per heavy atom. The molecule has 0 aromatic rings. The van der Waals surface area contributed by atoms with E-state index in [1.165, 1.54) is 0 Å². The molecule has 0 aromatic carbocycles. The van der Waals surface area contributed by atoms with Gasteiger partial charge in [0.2, 0.25) is 17.7 Å². The molecule has 1 fully saturated rings. The van der Waals surface area contributed by atoms with E-state index in [1.54, 1.807) is 4.90 Å². The van der Waals surface area contributed by atoms with Crippen molar-refractivity contribution in [1.29, 1.82) is 0 Å². The van der Waals surface area contributed by atoms with Gasteiger partial charge in [-0.25, -0.2) is 0 Å². The second kappa shape index (κ2) is 6.72. The number of carbonyl (C=O) groups excluding carboxylic acids is 3. The minimum atomic E-state index is -0.458. The van der Waals surface area contributed by atoms with Gasteiger partial charge in [-0.15, -0.1) is 0 Å². The highest BCUT2D eigenvalue weighted by molar-refractivity contribution is 5.89. The molecule has 6 heteroatoms. The van der Waals surface area contributed by atoms with Crippen LogP contribution in [0.15, 0.2) is 0 Å². The lowest BCUT2D eigenvalue weighted by Gasteiger charge is -2.34. The van der Waals surface area contributed by atoms with Crippen molar-refractivity contribution < 1.29 is 14.4 Å². The van der Waals surface area contributed by atoms with E-state index in [0.717, 1.165) is 0 Å². The summed E-state index contributed by atoms with van der Waals surface area (Å²) >= 11 is 0. The summed E-state index contributed by atoms with van der Waals surface area (Å²) < 4.78 is 0. The number of rotatable bonds is 4. The molecule has 1 heterocycles. The van der Waals surface area contributed by atoms with E-state index in [4.69, 9.17) is 0 Å². The highest BCUT2D eigenvalue weighted by atomic mass is 16.2. The average Bonchev–Trinajstić information content (AvgIpc) is 2.36. The topological polar surface area (TPSA) is 78.5 Å². The van der Waals surface area contributed by atoms with E-state index < -0.39 is 5.41 Å². The molecule has 2 N–H and O–H groups in total. The maximum Gasteiger partial charge on any atom is 0.242 e. The molecule has 20 heavy (non-hydrogen) atoms. The first kappa shape index (κ1) is 16.5. The van der Waals surface area contributed by atoms with E-state index in [1.807, 2.05) is 27.7 Å². The predicted molar refractivity (Wildman–Crippen MR) is 75.9 cm³/mol. The predicted octanol–water partition coefficient (Wildman–Crippen LogP) is 0.276. The summed E-state index contributed by atoms with van der Waals surface area (Å²) in [6.07, 6.45) is 0.831. The SMILES string of the molecule is CCC1C(=O)NCCN1C(=O)CCNC(=O)C(C)(C)C. The van der Waals surface area contributed by atoms with Crippen LogP contribution < -0.4 is 10.6 Å². The molecular weight excluding hydrogens is 258 g/mol. The van der Waals surface area contributed by atoms with E-state index >= 15 is 0 Å². The molecule has 1 aliphatic heterocycles. The van der Waals surface area contributed by atoms with Gasteiger partial charge >= 0.3 is 0 Å². The molecule has 0 radical (unpaired) electrons. The number of hydrogen-bond donors (Lipinski definition) is 2. The Labute approximate surface area is 120 Å². The van der Waals surface area contributed by atoms with Crippen molar-refractivity contribution in [3.63, 3.8) is 0 Å². The Bertz CT molecular complexity index is 388. The van der Waals surface area contributed by atoms with Crippen molar-refractivity contribution in [3.05, 3.63) is 0 Å². The lowest BCUT2D eigenvalue weighted by molar-refractivity contribution is -0.143. The number of piperazine rings is 1. The van der Waals surface area contributed by atoms with Gasteiger partial charge < -0.3 is 15.5 Å². The van der Waals surface area contributed by atoms with Crippen LogP contribution >= 0.6 is 0 Å². The summed E-state index contributed by atoms with van der Waals surface area (Å²) in [6.45, 7) is 8.71. The highest BCUT2D eigenvalue weighted by Crippen LogP contribution is 2.13. The van der Waals surface area contributed by atoms with Gasteiger partial charge in [0, 0.05) is 31.5 Å². The second-order valence-corrected chi connectivity index (χ2v) is 6.06. The van der Waals surface area contributed by atoms with Crippen molar-refractivity contribution in [3.8, 4) is 0 Å². The Kier molecular flexibility index (Phi) is 5.53. The van der Waals surface area contributed by atoms with Crippen molar-refractivity contribution in [2.45, 2.75) is 46.6 Å². The third kappa shape index (κ3) is 4.21. The van der Waals surface area contributed by atoms with Crippen LogP contribution in [-0.2, 0) is 14.4 Å². The molecule has 0 bridgehead atoms. The lowest BCUT2D eigenvalue weighted by atomic mass is 9.96. The zero-order valence-electron chi connectivity index (χ0n) is 12.8. The monoisotopic (exact) mass is 283 g/mol. The first-order valence-electron chi connectivity index (χ1n) is 7.13. The fraction of sp³-hybridized carbons (Fsp3) is 0.786. The molecule has 1 rings (SSSR count). The van der Waals surface area contributed by atoms with Crippen molar-refractivity contribution >= 4 is 17.7 Å². The van der Waals surface area contributed by atoms with Crippen LogP contribution in [0.2, 0.25) is 0 Å². The maximum absolute atomic E-state index is 12.1. The molecule has 1 aliphatic rings. The van der Waals surface area contributed by atoms with Gasteiger partial charge in [0.15, 0.2) is 0 Å². The summed E-state index contributed by atoms with van der Waals surface area (Å²) in [5.74, 6) is -0.250. The molecule has 0 spiro atoms. The van der Waals surface area contributed by atoms with Crippen molar-refractivity contribution in [1.82, 2.24) is 15.5 Å². The number of amides is 3. The van der Waals surface area contributed by atoms with Crippen LogP contribution in [0.25, 0.3) is 0 Å². The van der Waals surface area contributed by atoms with Crippen molar-refractivity contribution in [2.75, 3.05) is 19.6 Å². The minimum absolute atomic E-state index is 0.0753. The third-order valence-corrected chi connectivity index (χ3v) is 3.34. The summed E-state index contributed by atoms with van der Waals surface area (Å²) in [5, 5.41) is 5.51. The van der Waals surface area contributed by atoms with E-state index in [9.17, 15) is 14.4 Å². The van der Waals surface area contributed by atoms with E-state index in [-0.39, 0.29) is 30.2 Å². The quantitative estimate of drug-likeness (QED) is 0.777. The molecule has 0 aliphatic carbocycles. The lowest BCUT2D eigenvalue weighted by Crippen LogP contribution is -2.57. The van der Waals surface area contributed by atoms with E-state index in [2.05, 4.69) is 10.6 Å². The van der Waals surface area contributed by atoms with Gasteiger partial charge in [0.25, 0.3) is 0 Å². The van der Waals surface area contributed by atoms with E-state index in [0.29, 0.717) is 26.1 Å². The van der Waals surface area contributed by atoms with Gasteiger partial charge in [-0.3, -0.25) is 14.4 Å². The Balaban J connectivity index is 2.46. The van der Waals surface area contributed by atoms with Gasteiger partial charge in [0.05, 0.1) is 0 Å². The molecule has 3 amide bonds. The first-order valence-corrected chi connectivity index (χ1v) is 7.13. The maximum atomic E-state index is 12.1. The van der Waals surface area contributed by atoms with Crippen molar-refractivity contribution in [2.24, 2.45) is 5.41 Å². The Morgan fingerprint density at radius 1 is 1.40 bits per heavy atom. The Morgan fingerprint density at radius 2 is 2.05 bits per heavy atom. The minimum Gasteiger partial charge on any atom is -0.355 e. The zero-order valence-corrected chi connectivity index (χ0v) is 12.8. The first-order chi connectivity index (χ1) is 9.27. The molecule has 1 unspecified atom stereocenters. The van der Waals surface area contributed by atoms with Gasteiger partial charge in [0.1, 0.15) is 6.04 Å². The smallest absolute Gasteiger partial charge is 0.242 e. The molecule has 0 aromatic heterocycles. The Hall–Kier alpha value is -1.59. The largest absolute Gasteiger partial charge is 0.355 e. The van der Waals surface area contributed by atoms with Crippen LogP contribution in [0.1, 0.15) is 40.5 Å². The van der Waals surface area contributed by atoms with Crippen LogP contribution in [0.3, 0.4) is 0 Å². The summed E-state index contributed by atoms with van der Waals surface area (Å²) in [6, 6.07) is -0.380. The fourth-order valence-corrected chi connectivity index (χ4v) is 2.11. The summed E-state index contributed by atoms with van der Waals surface area (Å²) in [4.78, 5) is 37.1. The highest BCUT2D eigenvalue weighted by Gasteiger charge is 2.31. The number of nitrogens with zero attached hydrogens (tertiary/aromatic N) is 1. The number of carbonyl (C=O) groups is 3. The fourth-order valence-electron chi connectivity index (χ4n) is 2.11. The normalized spacial score (nSPS) is 19.5. The average molecular weight is 283 g/mol. The second-order valence-electron chi connectivity index (χ2n) is 6.06.